The first kappa shape index (κ1) is 18.6. The number of nitrogens with zero attached hydrogens (tertiary/aromatic N) is 2. The molecule has 136 valence electrons. The van der Waals surface area contributed by atoms with E-state index < -0.39 is 0 Å². The van der Waals surface area contributed by atoms with Gasteiger partial charge >= 0.3 is 5.97 Å². The van der Waals surface area contributed by atoms with E-state index in [1.807, 2.05) is 12.1 Å². The Labute approximate surface area is 162 Å². The highest BCUT2D eigenvalue weighted by atomic mass is 35.5. The molecule has 0 radical (unpaired) electrons. The average molecular weight is 390 g/mol. The van der Waals surface area contributed by atoms with E-state index in [4.69, 9.17) is 4.74 Å². The Hall–Kier alpha value is -2.18. The van der Waals surface area contributed by atoms with E-state index in [1.165, 1.54) is 24.0 Å². The fraction of sp³-hybridized carbons (Fsp3) is 0.316. The third kappa shape index (κ3) is 3.39. The third-order valence-corrected chi connectivity index (χ3v) is 5.82. The van der Waals surface area contributed by atoms with Gasteiger partial charge in [-0.25, -0.2) is 14.8 Å². The number of benzene rings is 1. The number of thiophene rings is 1. The maximum absolute atomic E-state index is 11.5. The van der Waals surface area contributed by atoms with Crippen molar-refractivity contribution in [2.75, 3.05) is 12.4 Å². The molecule has 4 rings (SSSR count). The van der Waals surface area contributed by atoms with Gasteiger partial charge in [-0.3, -0.25) is 0 Å². The van der Waals surface area contributed by atoms with E-state index in [2.05, 4.69) is 22.2 Å². The van der Waals surface area contributed by atoms with Crippen LogP contribution in [0.25, 0.3) is 10.2 Å². The Bertz CT molecular complexity index is 940. The first-order chi connectivity index (χ1) is 12.2. The molecule has 1 N–H and O–H groups in total. The molecular weight excluding hydrogens is 370 g/mol. The summed E-state index contributed by atoms with van der Waals surface area (Å²) >= 11 is 1.79. The normalized spacial score (nSPS) is 15.8. The second kappa shape index (κ2) is 7.60. The number of aromatic nitrogens is 2. The van der Waals surface area contributed by atoms with Crippen LogP contribution in [-0.2, 0) is 17.6 Å². The van der Waals surface area contributed by atoms with Crippen molar-refractivity contribution < 1.29 is 9.53 Å². The molecule has 2 heterocycles. The fourth-order valence-electron chi connectivity index (χ4n) is 3.31. The molecule has 5 nitrogen and oxygen atoms in total. The van der Waals surface area contributed by atoms with E-state index in [0.29, 0.717) is 5.56 Å². The molecule has 2 aromatic heterocycles. The maximum Gasteiger partial charge on any atom is 0.337 e. The number of hydrogen-bond acceptors (Lipinski definition) is 6. The average Bonchev–Trinajstić information content (AvgIpc) is 3.00. The van der Waals surface area contributed by atoms with Gasteiger partial charge in [0.05, 0.1) is 18.1 Å². The standard InChI is InChI=1S/C19H19N3O2S.ClH/c1-11-3-8-14-15(9-11)25-18-16(14)17(20-10-21-18)22-13-6-4-12(5-7-13)19(23)24-2;/h4-7,10-11H,3,8-9H2,1-2H3,(H,20,21,22);1H. The van der Waals surface area contributed by atoms with Crippen LogP contribution in [0.15, 0.2) is 30.6 Å². The van der Waals surface area contributed by atoms with Gasteiger partial charge in [0.15, 0.2) is 0 Å². The van der Waals surface area contributed by atoms with Crippen molar-refractivity contribution in [3.05, 3.63) is 46.6 Å². The van der Waals surface area contributed by atoms with E-state index in [0.717, 1.165) is 40.5 Å². The van der Waals surface area contributed by atoms with Crippen molar-refractivity contribution in [1.29, 1.82) is 0 Å². The van der Waals surface area contributed by atoms with Crippen LogP contribution in [-0.4, -0.2) is 23.0 Å². The highest BCUT2D eigenvalue weighted by molar-refractivity contribution is 7.19. The lowest BCUT2D eigenvalue weighted by molar-refractivity contribution is 0.0601. The largest absolute Gasteiger partial charge is 0.465 e. The number of methoxy groups -OCH3 is 1. The summed E-state index contributed by atoms with van der Waals surface area (Å²) in [7, 11) is 1.38. The molecule has 0 bridgehead atoms. The smallest absolute Gasteiger partial charge is 0.337 e. The number of carbonyl (C=O) groups excluding carboxylic acids is 1. The minimum atomic E-state index is -0.336. The summed E-state index contributed by atoms with van der Waals surface area (Å²) in [5.41, 5.74) is 2.81. The van der Waals surface area contributed by atoms with Crippen LogP contribution >= 0.6 is 23.7 Å². The van der Waals surface area contributed by atoms with Crippen LogP contribution in [0, 0.1) is 5.92 Å². The van der Waals surface area contributed by atoms with E-state index >= 15 is 0 Å². The Morgan fingerprint density at radius 1 is 1.27 bits per heavy atom. The lowest BCUT2D eigenvalue weighted by Crippen LogP contribution is -2.09. The number of rotatable bonds is 3. The number of halogens is 1. The van der Waals surface area contributed by atoms with Gasteiger partial charge < -0.3 is 10.1 Å². The van der Waals surface area contributed by atoms with Gasteiger partial charge in [-0.2, -0.15) is 0 Å². The lowest BCUT2D eigenvalue weighted by atomic mass is 9.89. The van der Waals surface area contributed by atoms with Crippen LogP contribution in [0.1, 0.15) is 34.1 Å². The molecule has 0 amide bonds. The maximum atomic E-state index is 11.5. The summed E-state index contributed by atoms with van der Waals surface area (Å²) in [6.45, 7) is 2.31. The molecular formula is C19H20ClN3O2S. The van der Waals surface area contributed by atoms with Gasteiger partial charge in [0.2, 0.25) is 0 Å². The summed E-state index contributed by atoms with van der Waals surface area (Å²) in [6, 6.07) is 7.22. The van der Waals surface area contributed by atoms with Crippen molar-refractivity contribution in [2.45, 2.75) is 26.2 Å². The zero-order valence-electron chi connectivity index (χ0n) is 14.6. The SMILES string of the molecule is COC(=O)c1ccc(Nc2ncnc3sc4c(c23)CCC(C)C4)cc1.Cl. The number of ether oxygens (including phenoxy) is 1. The molecule has 1 aliphatic rings. The monoisotopic (exact) mass is 389 g/mol. The molecule has 26 heavy (non-hydrogen) atoms. The molecule has 7 heteroatoms. The summed E-state index contributed by atoms with van der Waals surface area (Å²) in [4.78, 5) is 23.0. The molecule has 0 saturated carbocycles. The molecule has 0 saturated heterocycles. The zero-order valence-corrected chi connectivity index (χ0v) is 16.2. The second-order valence-corrected chi connectivity index (χ2v) is 7.53. The van der Waals surface area contributed by atoms with E-state index in [-0.39, 0.29) is 18.4 Å². The number of carbonyl (C=O) groups is 1. The predicted molar refractivity (Wildman–Crippen MR) is 107 cm³/mol. The van der Waals surface area contributed by atoms with E-state index in [9.17, 15) is 4.79 Å². The molecule has 0 fully saturated rings. The van der Waals surface area contributed by atoms with Crippen molar-refractivity contribution in [2.24, 2.45) is 5.92 Å². The van der Waals surface area contributed by atoms with Gasteiger partial charge in [0.25, 0.3) is 0 Å². The molecule has 0 aliphatic heterocycles. The van der Waals surface area contributed by atoms with Crippen molar-refractivity contribution in [3.8, 4) is 0 Å². The van der Waals surface area contributed by atoms with Gasteiger partial charge in [-0.15, -0.1) is 23.7 Å². The molecule has 1 aliphatic carbocycles. The topological polar surface area (TPSA) is 64.1 Å². The first-order valence-electron chi connectivity index (χ1n) is 8.36. The molecule has 1 atom stereocenters. The second-order valence-electron chi connectivity index (χ2n) is 6.45. The molecule has 0 spiro atoms. The predicted octanol–water partition coefficient (Wildman–Crippen LogP) is 4.77. The number of nitrogens with one attached hydrogen (secondary N) is 1. The molecule has 1 unspecified atom stereocenters. The third-order valence-electron chi connectivity index (χ3n) is 4.66. The van der Waals surface area contributed by atoms with Gasteiger partial charge in [-0.1, -0.05) is 6.92 Å². The molecule has 1 aromatic carbocycles. The van der Waals surface area contributed by atoms with Crippen LogP contribution < -0.4 is 5.32 Å². The fourth-order valence-corrected chi connectivity index (χ4v) is 4.66. The number of fused-ring (bicyclic) bond motifs is 3. The number of esters is 1. The summed E-state index contributed by atoms with van der Waals surface area (Å²) in [5, 5.41) is 4.53. The van der Waals surface area contributed by atoms with Gasteiger partial charge in [-0.05, 0) is 55.0 Å². The minimum Gasteiger partial charge on any atom is -0.465 e. The highest BCUT2D eigenvalue weighted by Crippen LogP contribution is 2.40. The van der Waals surface area contributed by atoms with Crippen LogP contribution in [0.3, 0.4) is 0 Å². The van der Waals surface area contributed by atoms with Crippen molar-refractivity contribution >= 4 is 51.4 Å². The quantitative estimate of drug-likeness (QED) is 0.654. The molecule has 3 aromatic rings. The Morgan fingerprint density at radius 2 is 2.04 bits per heavy atom. The highest BCUT2D eigenvalue weighted by Gasteiger charge is 2.23. The van der Waals surface area contributed by atoms with Crippen molar-refractivity contribution in [1.82, 2.24) is 9.97 Å². The summed E-state index contributed by atoms with van der Waals surface area (Å²) in [6.07, 6.45) is 5.03. The zero-order chi connectivity index (χ0) is 17.4. The van der Waals surface area contributed by atoms with Crippen LogP contribution in [0.5, 0.6) is 0 Å². The van der Waals surface area contributed by atoms with Crippen molar-refractivity contribution in [3.63, 3.8) is 0 Å². The van der Waals surface area contributed by atoms with E-state index in [1.54, 1.807) is 29.8 Å². The minimum absolute atomic E-state index is 0. The van der Waals surface area contributed by atoms with Gasteiger partial charge in [0, 0.05) is 10.6 Å². The summed E-state index contributed by atoms with van der Waals surface area (Å²) in [5.74, 6) is 1.23. The van der Waals surface area contributed by atoms with Crippen LogP contribution in [0.2, 0.25) is 0 Å². The summed E-state index contributed by atoms with van der Waals surface area (Å²) < 4.78 is 4.73. The Morgan fingerprint density at radius 3 is 2.77 bits per heavy atom. The Balaban J connectivity index is 0.00000196. The number of hydrogen-bond donors (Lipinski definition) is 1. The first-order valence-corrected chi connectivity index (χ1v) is 9.18. The van der Waals surface area contributed by atoms with Gasteiger partial charge in [0.1, 0.15) is 17.0 Å². The number of anilines is 2. The Kier molecular flexibility index (Phi) is 5.44. The van der Waals surface area contributed by atoms with Crippen LogP contribution in [0.4, 0.5) is 11.5 Å². The number of aryl methyl sites for hydroxylation is 1. The lowest BCUT2D eigenvalue weighted by Gasteiger charge is -2.18.